The minimum atomic E-state index is -1.48. The van der Waals surface area contributed by atoms with Crippen molar-refractivity contribution < 1.29 is 0 Å². The Morgan fingerprint density at radius 2 is 0.875 bits per heavy atom. The van der Waals surface area contributed by atoms with Gasteiger partial charge in [-0.15, -0.1) is 11.1 Å². The molecule has 3 aromatic rings. The van der Waals surface area contributed by atoms with E-state index in [1.807, 2.05) is 36.4 Å². The second kappa shape index (κ2) is 9.74. The fraction of sp³-hybridized carbons (Fsp3) is 0.214. The van der Waals surface area contributed by atoms with Gasteiger partial charge in [0.2, 0.25) is 0 Å². The molecule has 3 rings (SSSR count). The summed E-state index contributed by atoms with van der Waals surface area (Å²) in [6.07, 6.45) is 0. The van der Waals surface area contributed by atoms with E-state index in [4.69, 9.17) is 23.2 Å². The lowest BCUT2D eigenvalue weighted by Crippen LogP contribution is -2.16. The van der Waals surface area contributed by atoms with Gasteiger partial charge in [-0.3, -0.25) is 0 Å². The minimum Gasteiger partial charge on any atom is -0.127 e. The van der Waals surface area contributed by atoms with Gasteiger partial charge in [-0.1, -0.05) is 98.6 Å². The number of halogens is 2. The van der Waals surface area contributed by atoms with Crippen LogP contribution < -0.4 is 0 Å². The van der Waals surface area contributed by atoms with Crippen LogP contribution in [0, 0.1) is 22.9 Å². The quantitative estimate of drug-likeness (QED) is 0.248. The van der Waals surface area contributed by atoms with Crippen molar-refractivity contribution in [1.82, 2.24) is 0 Å². The predicted octanol–water partition coefficient (Wildman–Crippen LogP) is 8.79. The highest BCUT2D eigenvalue weighted by molar-refractivity contribution is 6.84. The van der Waals surface area contributed by atoms with Crippen LogP contribution in [0.4, 0.5) is 0 Å². The summed E-state index contributed by atoms with van der Waals surface area (Å²) in [5, 5.41) is 1.42. The van der Waals surface area contributed by atoms with Crippen LogP contribution in [0.3, 0.4) is 0 Å². The first-order valence-electron chi connectivity index (χ1n) is 10.7. The summed E-state index contributed by atoms with van der Waals surface area (Å²) in [5.41, 5.74) is 13.2. The first-order chi connectivity index (χ1) is 14.9. The first kappa shape index (κ1) is 24.4. The van der Waals surface area contributed by atoms with Crippen molar-refractivity contribution in [2.75, 3.05) is 0 Å². The molecule has 0 aromatic heterocycles. The zero-order chi connectivity index (χ0) is 23.5. The second-order valence-electron chi connectivity index (χ2n) is 9.96. The standard InChI is InChI=1S/C28H28Cl2Si2/c1-31(2,3)17-15-23-11-13-25(29)19-27(23)21-7-9-22(10-8-21)28-20-26(30)14-12-24(28)16-18-32(4,5)6/h7-14,19-20H,1-6H3. The maximum Gasteiger partial charge on any atom is 0.129 e. The van der Waals surface area contributed by atoms with E-state index in [2.05, 4.69) is 86.5 Å². The van der Waals surface area contributed by atoms with Crippen LogP contribution in [-0.2, 0) is 0 Å². The molecule has 0 aliphatic rings. The molecular formula is C28H28Cl2Si2. The van der Waals surface area contributed by atoms with Crippen molar-refractivity contribution in [3.8, 4) is 45.2 Å². The molecule has 0 aliphatic carbocycles. The van der Waals surface area contributed by atoms with E-state index in [1.165, 1.54) is 0 Å². The van der Waals surface area contributed by atoms with Crippen LogP contribution in [0.2, 0.25) is 49.3 Å². The van der Waals surface area contributed by atoms with E-state index in [0.717, 1.165) is 33.4 Å². The lowest BCUT2D eigenvalue weighted by atomic mass is 9.95. The SMILES string of the molecule is C[Si](C)(C)C#Cc1ccc(Cl)cc1-c1ccc(-c2cc(Cl)ccc2C#C[Si](C)(C)C)cc1. The van der Waals surface area contributed by atoms with E-state index in [-0.39, 0.29) is 0 Å². The lowest BCUT2D eigenvalue weighted by Gasteiger charge is -2.11. The van der Waals surface area contributed by atoms with Crippen molar-refractivity contribution in [1.29, 1.82) is 0 Å². The lowest BCUT2D eigenvalue weighted by molar-refractivity contribution is 1.55. The Morgan fingerprint density at radius 3 is 1.19 bits per heavy atom. The first-order valence-corrected chi connectivity index (χ1v) is 18.4. The van der Waals surface area contributed by atoms with Gasteiger partial charge in [0.1, 0.15) is 16.1 Å². The highest BCUT2D eigenvalue weighted by Crippen LogP contribution is 2.31. The van der Waals surface area contributed by atoms with Crippen LogP contribution in [0.15, 0.2) is 60.7 Å². The van der Waals surface area contributed by atoms with E-state index < -0.39 is 16.1 Å². The summed E-state index contributed by atoms with van der Waals surface area (Å²) in [6, 6.07) is 20.3. The molecule has 0 saturated carbocycles. The van der Waals surface area contributed by atoms with E-state index in [0.29, 0.717) is 10.0 Å². The Hall–Kier alpha value is -2.21. The van der Waals surface area contributed by atoms with Gasteiger partial charge in [0.25, 0.3) is 0 Å². The van der Waals surface area contributed by atoms with Gasteiger partial charge in [0, 0.05) is 21.2 Å². The second-order valence-corrected chi connectivity index (χ2v) is 20.3. The van der Waals surface area contributed by atoms with Gasteiger partial charge in [0.15, 0.2) is 0 Å². The molecule has 32 heavy (non-hydrogen) atoms. The maximum absolute atomic E-state index is 6.33. The maximum atomic E-state index is 6.33. The molecule has 0 unspecified atom stereocenters. The Bertz CT molecular complexity index is 1150. The van der Waals surface area contributed by atoms with Crippen molar-refractivity contribution in [2.45, 2.75) is 39.3 Å². The van der Waals surface area contributed by atoms with Gasteiger partial charge in [0.05, 0.1) is 0 Å². The molecule has 0 heterocycles. The van der Waals surface area contributed by atoms with Crippen molar-refractivity contribution in [3.63, 3.8) is 0 Å². The zero-order valence-corrected chi connectivity index (χ0v) is 23.0. The smallest absolute Gasteiger partial charge is 0.127 e. The van der Waals surface area contributed by atoms with Crippen molar-refractivity contribution >= 4 is 39.3 Å². The third kappa shape index (κ3) is 6.90. The number of hydrogen-bond donors (Lipinski definition) is 0. The number of hydrogen-bond acceptors (Lipinski definition) is 0. The van der Waals surface area contributed by atoms with E-state index in [9.17, 15) is 0 Å². The molecular weight excluding hydrogens is 463 g/mol. The van der Waals surface area contributed by atoms with Crippen LogP contribution in [0.1, 0.15) is 11.1 Å². The largest absolute Gasteiger partial charge is 0.129 e. The minimum absolute atomic E-state index is 0.710. The average Bonchev–Trinajstić information content (AvgIpc) is 2.71. The van der Waals surface area contributed by atoms with Gasteiger partial charge in [-0.2, -0.15) is 0 Å². The van der Waals surface area contributed by atoms with Gasteiger partial charge < -0.3 is 0 Å². The Kier molecular flexibility index (Phi) is 7.44. The summed E-state index contributed by atoms with van der Waals surface area (Å²) >= 11 is 12.7. The van der Waals surface area contributed by atoms with E-state index >= 15 is 0 Å². The molecule has 0 fully saturated rings. The monoisotopic (exact) mass is 490 g/mol. The Labute approximate surface area is 205 Å². The van der Waals surface area contributed by atoms with Crippen LogP contribution >= 0.6 is 23.2 Å². The molecule has 0 N–H and O–H groups in total. The molecule has 4 heteroatoms. The van der Waals surface area contributed by atoms with Crippen molar-refractivity contribution in [2.24, 2.45) is 0 Å². The molecule has 0 bridgehead atoms. The fourth-order valence-corrected chi connectivity index (χ4v) is 4.43. The Balaban J connectivity index is 2.05. The summed E-state index contributed by atoms with van der Waals surface area (Å²) in [6.45, 7) is 13.5. The molecule has 0 nitrogen and oxygen atoms in total. The van der Waals surface area contributed by atoms with Gasteiger partial charge >= 0.3 is 0 Å². The molecule has 0 spiro atoms. The third-order valence-electron chi connectivity index (χ3n) is 4.61. The summed E-state index contributed by atoms with van der Waals surface area (Å²) in [4.78, 5) is 0. The van der Waals surface area contributed by atoms with Crippen molar-refractivity contribution in [3.05, 3.63) is 81.8 Å². The highest BCUT2D eigenvalue weighted by Gasteiger charge is 2.12. The summed E-state index contributed by atoms with van der Waals surface area (Å²) in [5.74, 6) is 6.79. The Morgan fingerprint density at radius 1 is 0.531 bits per heavy atom. The molecule has 0 atom stereocenters. The zero-order valence-electron chi connectivity index (χ0n) is 19.5. The molecule has 0 amide bonds. The number of rotatable bonds is 2. The summed E-state index contributed by atoms with van der Waals surface area (Å²) < 4.78 is 0. The predicted molar refractivity (Wildman–Crippen MR) is 148 cm³/mol. The van der Waals surface area contributed by atoms with Crippen LogP contribution in [0.25, 0.3) is 22.3 Å². The molecule has 162 valence electrons. The number of benzene rings is 3. The summed E-state index contributed by atoms with van der Waals surface area (Å²) in [7, 11) is -2.96. The fourth-order valence-electron chi connectivity index (χ4n) is 3.07. The highest BCUT2D eigenvalue weighted by atomic mass is 35.5. The molecule has 3 aromatic carbocycles. The van der Waals surface area contributed by atoms with Gasteiger partial charge in [-0.05, 0) is 58.7 Å². The van der Waals surface area contributed by atoms with Crippen LogP contribution in [0.5, 0.6) is 0 Å². The molecule has 0 saturated heterocycles. The van der Waals surface area contributed by atoms with Crippen LogP contribution in [-0.4, -0.2) is 16.1 Å². The molecule has 0 radical (unpaired) electrons. The topological polar surface area (TPSA) is 0 Å². The normalized spacial score (nSPS) is 11.2. The average molecular weight is 492 g/mol. The van der Waals surface area contributed by atoms with E-state index in [1.54, 1.807) is 0 Å². The molecule has 0 aliphatic heterocycles. The van der Waals surface area contributed by atoms with Gasteiger partial charge in [-0.25, -0.2) is 0 Å². The third-order valence-corrected chi connectivity index (χ3v) is 6.83.